The Morgan fingerprint density at radius 2 is 2.16 bits per heavy atom. The molecule has 3 heterocycles. The number of anilines is 2. The summed E-state index contributed by atoms with van der Waals surface area (Å²) in [5.74, 6) is 0.905. The Labute approximate surface area is 150 Å². The van der Waals surface area contributed by atoms with Gasteiger partial charge in [0.25, 0.3) is 0 Å². The van der Waals surface area contributed by atoms with E-state index in [4.69, 9.17) is 18.0 Å². The molecule has 0 saturated carbocycles. The summed E-state index contributed by atoms with van der Waals surface area (Å²) >= 11 is 5.17. The lowest BCUT2D eigenvalue weighted by molar-refractivity contribution is -0.118. The Balaban J connectivity index is 1.99. The number of carbonyl (C=O) groups is 1. The quantitative estimate of drug-likeness (QED) is 0.681. The lowest BCUT2D eigenvalue weighted by Crippen LogP contribution is -2.34. The van der Waals surface area contributed by atoms with Crippen molar-refractivity contribution in [3.63, 3.8) is 0 Å². The van der Waals surface area contributed by atoms with Crippen LogP contribution in [0, 0.1) is 10.2 Å². The molecular weight excluding hydrogens is 334 g/mol. The average molecular weight is 353 g/mol. The molecule has 25 heavy (non-hydrogen) atoms. The Hall–Kier alpha value is -2.54. The van der Waals surface area contributed by atoms with Gasteiger partial charge < -0.3 is 16.0 Å². The SMILES string of the molecule is CC1(C)CC(=O)C2=C(C1)Nc1nc(=S)[nH]c(N)c1C2c1cccnc1. The molecule has 1 atom stereocenters. The highest BCUT2D eigenvalue weighted by atomic mass is 32.1. The maximum atomic E-state index is 13.0. The molecule has 0 fully saturated rings. The number of carbonyl (C=O) groups excluding carboxylic acids is 1. The number of pyridine rings is 1. The van der Waals surface area contributed by atoms with Crippen LogP contribution in [-0.2, 0) is 4.79 Å². The van der Waals surface area contributed by atoms with Crippen molar-refractivity contribution in [2.75, 3.05) is 11.1 Å². The maximum absolute atomic E-state index is 13.0. The molecule has 0 saturated heterocycles. The first kappa shape index (κ1) is 16.0. The summed E-state index contributed by atoms with van der Waals surface area (Å²) in [7, 11) is 0. The second-order valence-corrected chi connectivity index (χ2v) is 7.78. The van der Waals surface area contributed by atoms with Crippen LogP contribution in [0.3, 0.4) is 0 Å². The van der Waals surface area contributed by atoms with E-state index in [1.165, 1.54) is 0 Å². The van der Waals surface area contributed by atoms with Crippen molar-refractivity contribution in [1.82, 2.24) is 15.0 Å². The van der Waals surface area contributed by atoms with Crippen molar-refractivity contribution in [1.29, 1.82) is 0 Å². The predicted octanol–water partition coefficient (Wildman–Crippen LogP) is 3.32. The van der Waals surface area contributed by atoms with Crippen LogP contribution in [0.15, 0.2) is 35.8 Å². The van der Waals surface area contributed by atoms with E-state index in [1.54, 1.807) is 12.4 Å². The number of nitrogens with one attached hydrogen (secondary N) is 2. The van der Waals surface area contributed by atoms with Crippen molar-refractivity contribution in [2.24, 2.45) is 5.41 Å². The molecule has 2 aromatic rings. The van der Waals surface area contributed by atoms with Gasteiger partial charge in [-0.15, -0.1) is 0 Å². The van der Waals surface area contributed by atoms with Gasteiger partial charge in [-0.2, -0.15) is 0 Å². The van der Waals surface area contributed by atoms with Crippen LogP contribution in [0.4, 0.5) is 11.6 Å². The number of Topliss-reactive ketones (excluding diaryl/α,β-unsaturated/α-hetero) is 1. The first-order chi connectivity index (χ1) is 11.9. The smallest absolute Gasteiger partial charge is 0.200 e. The van der Waals surface area contributed by atoms with Gasteiger partial charge in [0.1, 0.15) is 11.6 Å². The molecule has 1 unspecified atom stereocenters. The van der Waals surface area contributed by atoms with Gasteiger partial charge in [-0.25, -0.2) is 4.98 Å². The van der Waals surface area contributed by atoms with Gasteiger partial charge >= 0.3 is 0 Å². The van der Waals surface area contributed by atoms with E-state index in [0.29, 0.717) is 22.8 Å². The number of aromatic nitrogens is 3. The molecule has 4 rings (SSSR count). The highest BCUT2D eigenvalue weighted by molar-refractivity contribution is 7.71. The number of aromatic amines is 1. The van der Waals surface area contributed by atoms with Crippen LogP contribution in [-0.4, -0.2) is 20.7 Å². The van der Waals surface area contributed by atoms with Crippen LogP contribution in [0.25, 0.3) is 0 Å². The minimum atomic E-state index is -0.289. The zero-order valence-electron chi connectivity index (χ0n) is 14.1. The predicted molar refractivity (Wildman–Crippen MR) is 98.6 cm³/mol. The van der Waals surface area contributed by atoms with Crippen LogP contribution >= 0.6 is 12.2 Å². The topological polar surface area (TPSA) is 96.7 Å². The summed E-state index contributed by atoms with van der Waals surface area (Å²) < 4.78 is 0.319. The molecule has 6 nitrogen and oxygen atoms in total. The van der Waals surface area contributed by atoms with Crippen molar-refractivity contribution in [3.8, 4) is 0 Å². The summed E-state index contributed by atoms with van der Waals surface area (Å²) in [6.07, 6.45) is 4.78. The van der Waals surface area contributed by atoms with E-state index < -0.39 is 0 Å². The van der Waals surface area contributed by atoms with Gasteiger partial charge in [0, 0.05) is 41.6 Å². The zero-order chi connectivity index (χ0) is 17.8. The minimum absolute atomic E-state index is 0.0941. The number of hydrogen-bond acceptors (Lipinski definition) is 6. The molecule has 2 aromatic heterocycles. The molecule has 128 valence electrons. The monoisotopic (exact) mass is 353 g/mol. The average Bonchev–Trinajstić information content (AvgIpc) is 2.52. The molecule has 7 heteroatoms. The van der Waals surface area contributed by atoms with Crippen molar-refractivity contribution in [2.45, 2.75) is 32.6 Å². The van der Waals surface area contributed by atoms with Crippen molar-refractivity contribution in [3.05, 3.63) is 51.7 Å². The summed E-state index contributed by atoms with van der Waals surface area (Å²) in [6.45, 7) is 4.20. The largest absolute Gasteiger partial charge is 0.385 e. The normalized spacial score (nSPS) is 21.4. The lowest BCUT2D eigenvalue weighted by atomic mass is 9.69. The molecular formula is C18H19N5OS. The van der Waals surface area contributed by atoms with E-state index in [-0.39, 0.29) is 17.1 Å². The highest BCUT2D eigenvalue weighted by Crippen LogP contribution is 2.49. The van der Waals surface area contributed by atoms with Gasteiger partial charge in [0.2, 0.25) is 0 Å². The molecule has 1 aliphatic carbocycles. The molecule has 4 N–H and O–H groups in total. The lowest BCUT2D eigenvalue weighted by Gasteiger charge is -2.39. The number of rotatable bonds is 1. The fourth-order valence-electron chi connectivity index (χ4n) is 3.84. The number of ketones is 1. The van der Waals surface area contributed by atoms with E-state index >= 15 is 0 Å². The van der Waals surface area contributed by atoms with Gasteiger partial charge in [-0.3, -0.25) is 9.78 Å². The molecule has 0 aromatic carbocycles. The summed E-state index contributed by atoms with van der Waals surface area (Å²) in [6, 6.07) is 3.83. The number of fused-ring (bicyclic) bond motifs is 1. The number of hydrogen-bond donors (Lipinski definition) is 3. The Morgan fingerprint density at radius 3 is 2.88 bits per heavy atom. The van der Waals surface area contributed by atoms with Crippen LogP contribution < -0.4 is 11.1 Å². The number of allylic oxidation sites excluding steroid dienone is 2. The number of H-pyrrole nitrogens is 1. The van der Waals surface area contributed by atoms with Gasteiger partial charge in [-0.1, -0.05) is 19.9 Å². The fraction of sp³-hybridized carbons (Fsp3) is 0.333. The second kappa shape index (κ2) is 5.49. The number of nitrogens with two attached hydrogens (primary N) is 1. The molecule has 1 aliphatic heterocycles. The number of nitrogens with zero attached hydrogens (tertiary/aromatic N) is 2. The van der Waals surface area contributed by atoms with Crippen molar-refractivity contribution >= 4 is 29.6 Å². The minimum Gasteiger partial charge on any atom is -0.385 e. The Morgan fingerprint density at radius 1 is 1.36 bits per heavy atom. The first-order valence-corrected chi connectivity index (χ1v) is 8.59. The molecule has 0 spiro atoms. The third-order valence-electron chi connectivity index (χ3n) is 4.78. The van der Waals surface area contributed by atoms with Gasteiger partial charge in [0.15, 0.2) is 10.6 Å². The van der Waals surface area contributed by atoms with E-state index in [1.807, 2.05) is 12.1 Å². The third-order valence-corrected chi connectivity index (χ3v) is 4.98. The Bertz CT molecular complexity index is 961. The second-order valence-electron chi connectivity index (χ2n) is 7.40. The van der Waals surface area contributed by atoms with E-state index in [9.17, 15) is 4.79 Å². The fourth-order valence-corrected chi connectivity index (χ4v) is 4.04. The summed E-state index contributed by atoms with van der Waals surface area (Å²) in [5.41, 5.74) is 9.49. The summed E-state index contributed by atoms with van der Waals surface area (Å²) in [5, 5.41) is 3.33. The third kappa shape index (κ3) is 2.64. The van der Waals surface area contributed by atoms with Gasteiger partial charge in [0.05, 0.1) is 0 Å². The molecule has 0 bridgehead atoms. The van der Waals surface area contributed by atoms with Crippen molar-refractivity contribution < 1.29 is 4.79 Å². The molecule has 2 aliphatic rings. The zero-order valence-corrected chi connectivity index (χ0v) is 14.9. The standard InChI is InChI=1S/C18H19N5OS/c1-18(2)6-10-13(11(24)7-18)12(9-4-3-5-20-8-9)14-15(19)22-17(25)23-16(14)21-10/h3-5,8,12H,6-7H2,1-2H3,(H4,19,21,22,23,25). The summed E-state index contributed by atoms with van der Waals surface area (Å²) in [4.78, 5) is 24.6. The molecule has 0 amide bonds. The Kier molecular flexibility index (Phi) is 3.50. The van der Waals surface area contributed by atoms with Crippen LogP contribution in [0.1, 0.15) is 43.7 Å². The molecule has 0 radical (unpaired) electrons. The van der Waals surface area contributed by atoms with Gasteiger partial charge in [-0.05, 0) is 35.7 Å². The van der Waals surface area contributed by atoms with Crippen LogP contribution in [0.2, 0.25) is 0 Å². The van der Waals surface area contributed by atoms with E-state index in [2.05, 4.69) is 34.1 Å². The van der Waals surface area contributed by atoms with E-state index in [0.717, 1.165) is 28.8 Å². The maximum Gasteiger partial charge on any atom is 0.200 e. The number of nitrogen functional groups attached to an aromatic ring is 1. The first-order valence-electron chi connectivity index (χ1n) is 8.18. The van der Waals surface area contributed by atoms with Crippen LogP contribution in [0.5, 0.6) is 0 Å². The highest BCUT2D eigenvalue weighted by Gasteiger charge is 2.42.